The summed E-state index contributed by atoms with van der Waals surface area (Å²) in [6.07, 6.45) is 48.5. The summed E-state index contributed by atoms with van der Waals surface area (Å²) in [6, 6.07) is 0. The molecular formula is C38H76N2. The summed E-state index contributed by atoms with van der Waals surface area (Å²) in [5.74, 6) is 0. The molecule has 1 unspecified atom stereocenters. The minimum Gasteiger partial charge on any atom is -0.356 e. The maximum absolute atomic E-state index is 2.70. The van der Waals surface area contributed by atoms with Crippen molar-refractivity contribution in [3.05, 3.63) is 12.4 Å². The Kier molecular flexibility index (Phi) is 27.9. The van der Waals surface area contributed by atoms with Crippen LogP contribution in [0, 0.1) is 0 Å². The van der Waals surface area contributed by atoms with Gasteiger partial charge in [0, 0.05) is 25.5 Å². The van der Waals surface area contributed by atoms with E-state index < -0.39 is 0 Å². The first-order valence-electron chi connectivity index (χ1n) is 19.0. The van der Waals surface area contributed by atoms with Gasteiger partial charge in [-0.25, -0.2) is 0 Å². The van der Waals surface area contributed by atoms with Gasteiger partial charge in [-0.3, -0.25) is 0 Å². The second-order valence-electron chi connectivity index (χ2n) is 13.2. The van der Waals surface area contributed by atoms with Gasteiger partial charge in [-0.15, -0.1) is 0 Å². The van der Waals surface area contributed by atoms with E-state index in [0.29, 0.717) is 6.17 Å². The van der Waals surface area contributed by atoms with Gasteiger partial charge in [0.1, 0.15) is 6.17 Å². The second-order valence-corrected chi connectivity index (χ2v) is 13.2. The molecule has 0 saturated heterocycles. The molecule has 1 rings (SSSR count). The largest absolute Gasteiger partial charge is 0.356 e. The zero-order chi connectivity index (χ0) is 28.8. The summed E-state index contributed by atoms with van der Waals surface area (Å²) in [5.41, 5.74) is 0. The molecule has 2 nitrogen and oxygen atoms in total. The Morgan fingerprint density at radius 2 is 0.575 bits per heavy atom. The lowest BCUT2D eigenvalue weighted by atomic mass is 10.0. The maximum atomic E-state index is 2.70. The van der Waals surface area contributed by atoms with E-state index in [1.807, 2.05) is 0 Å². The van der Waals surface area contributed by atoms with Gasteiger partial charge in [-0.2, -0.15) is 0 Å². The van der Waals surface area contributed by atoms with E-state index in [0.717, 1.165) is 0 Å². The van der Waals surface area contributed by atoms with Crippen molar-refractivity contribution in [3.8, 4) is 0 Å². The van der Waals surface area contributed by atoms with Crippen molar-refractivity contribution < 1.29 is 0 Å². The van der Waals surface area contributed by atoms with Crippen LogP contribution in [-0.4, -0.2) is 29.1 Å². The van der Waals surface area contributed by atoms with Crippen molar-refractivity contribution in [2.24, 2.45) is 0 Å². The first kappa shape index (κ1) is 37.4. The average Bonchev–Trinajstić information content (AvgIpc) is 3.35. The number of hydrogen-bond acceptors (Lipinski definition) is 2. The van der Waals surface area contributed by atoms with Crippen LogP contribution in [0.2, 0.25) is 0 Å². The highest BCUT2D eigenvalue weighted by molar-refractivity contribution is 4.97. The molecule has 1 aliphatic heterocycles. The molecule has 0 N–H and O–H groups in total. The third-order valence-corrected chi connectivity index (χ3v) is 9.32. The molecule has 2 heteroatoms. The zero-order valence-electron chi connectivity index (χ0n) is 28.3. The van der Waals surface area contributed by atoms with Crippen molar-refractivity contribution in [1.29, 1.82) is 0 Å². The topological polar surface area (TPSA) is 6.48 Å². The standard InChI is InChI=1S/C38H76N2/c1-4-7-10-13-15-17-18-19-20-21-22-23-24-25-26-28-30-33-38-39(34-31-12-9-6-3)36-37-40(38)35-32-29-27-16-14-11-8-5-2/h36-38H,4-35H2,1-3H3. The first-order chi connectivity index (χ1) is 19.8. The van der Waals surface area contributed by atoms with Gasteiger partial charge < -0.3 is 9.80 Å². The molecule has 0 aliphatic carbocycles. The van der Waals surface area contributed by atoms with Crippen LogP contribution in [0.1, 0.15) is 213 Å². The molecule has 40 heavy (non-hydrogen) atoms. The Bertz CT molecular complexity index is 516. The molecular weight excluding hydrogens is 484 g/mol. The predicted molar refractivity (Wildman–Crippen MR) is 182 cm³/mol. The number of hydrogen-bond donors (Lipinski definition) is 0. The Balaban J connectivity index is 2.08. The van der Waals surface area contributed by atoms with Crippen LogP contribution >= 0.6 is 0 Å². The Hall–Kier alpha value is -0.660. The predicted octanol–water partition coefficient (Wildman–Crippen LogP) is 13.2. The van der Waals surface area contributed by atoms with E-state index in [9.17, 15) is 0 Å². The summed E-state index contributed by atoms with van der Waals surface area (Å²) >= 11 is 0. The third kappa shape index (κ3) is 22.0. The summed E-state index contributed by atoms with van der Waals surface area (Å²) in [5, 5.41) is 0. The summed E-state index contributed by atoms with van der Waals surface area (Å²) < 4.78 is 0. The Morgan fingerprint density at radius 1 is 0.325 bits per heavy atom. The SMILES string of the molecule is CCCCCCCCCCCCCCCCCCCC1N(CCCCCC)C=CN1CCCCCCCCCC. The molecule has 0 aromatic carbocycles. The molecule has 238 valence electrons. The third-order valence-electron chi connectivity index (χ3n) is 9.32. The number of unbranched alkanes of at least 4 members (excludes halogenated alkanes) is 26. The quantitative estimate of drug-likeness (QED) is 0.0755. The van der Waals surface area contributed by atoms with Crippen molar-refractivity contribution >= 4 is 0 Å². The molecule has 1 heterocycles. The van der Waals surface area contributed by atoms with Crippen molar-refractivity contribution in [3.63, 3.8) is 0 Å². The highest BCUT2D eigenvalue weighted by Crippen LogP contribution is 2.24. The van der Waals surface area contributed by atoms with Crippen LogP contribution in [0.3, 0.4) is 0 Å². The summed E-state index contributed by atoms with van der Waals surface area (Å²) in [7, 11) is 0. The van der Waals surface area contributed by atoms with Gasteiger partial charge in [0.25, 0.3) is 0 Å². The van der Waals surface area contributed by atoms with E-state index in [4.69, 9.17) is 0 Å². The minimum atomic E-state index is 0.641. The van der Waals surface area contributed by atoms with Crippen molar-refractivity contribution in [2.45, 2.75) is 220 Å². The van der Waals surface area contributed by atoms with Gasteiger partial charge in [0.2, 0.25) is 0 Å². The Morgan fingerprint density at radius 3 is 0.900 bits per heavy atom. The smallest absolute Gasteiger partial charge is 0.101 e. The van der Waals surface area contributed by atoms with Crippen LogP contribution < -0.4 is 0 Å². The van der Waals surface area contributed by atoms with Gasteiger partial charge in [-0.05, 0) is 25.7 Å². The fraction of sp³-hybridized carbons (Fsp3) is 0.947. The van der Waals surface area contributed by atoms with Gasteiger partial charge in [0.05, 0.1) is 0 Å². The van der Waals surface area contributed by atoms with E-state index in [2.05, 4.69) is 43.0 Å². The zero-order valence-corrected chi connectivity index (χ0v) is 28.3. The van der Waals surface area contributed by atoms with Gasteiger partial charge in [0.15, 0.2) is 0 Å². The number of rotatable bonds is 32. The molecule has 0 saturated carbocycles. The summed E-state index contributed by atoms with van der Waals surface area (Å²) in [6.45, 7) is 9.47. The average molecular weight is 561 g/mol. The van der Waals surface area contributed by atoms with Crippen molar-refractivity contribution in [2.75, 3.05) is 13.1 Å². The maximum Gasteiger partial charge on any atom is 0.101 e. The fourth-order valence-corrected chi connectivity index (χ4v) is 6.54. The van der Waals surface area contributed by atoms with Crippen LogP contribution in [-0.2, 0) is 0 Å². The second kappa shape index (κ2) is 29.8. The normalized spacial score (nSPS) is 15.1. The lowest BCUT2D eigenvalue weighted by Gasteiger charge is -2.33. The first-order valence-corrected chi connectivity index (χ1v) is 19.0. The van der Waals surface area contributed by atoms with Crippen LogP contribution in [0.15, 0.2) is 12.4 Å². The molecule has 0 amide bonds. The molecule has 0 radical (unpaired) electrons. The number of nitrogens with zero attached hydrogens (tertiary/aromatic N) is 2. The highest BCUT2D eigenvalue weighted by Gasteiger charge is 2.24. The molecule has 1 aliphatic rings. The van der Waals surface area contributed by atoms with Crippen molar-refractivity contribution in [1.82, 2.24) is 9.80 Å². The molecule has 0 aromatic heterocycles. The highest BCUT2D eigenvalue weighted by atomic mass is 15.4. The van der Waals surface area contributed by atoms with Crippen LogP contribution in [0.4, 0.5) is 0 Å². The molecule has 1 atom stereocenters. The molecule has 0 fully saturated rings. The van der Waals surface area contributed by atoms with E-state index in [1.165, 1.54) is 206 Å². The fourth-order valence-electron chi connectivity index (χ4n) is 6.54. The lowest BCUT2D eigenvalue weighted by molar-refractivity contribution is 0.135. The van der Waals surface area contributed by atoms with E-state index in [1.54, 1.807) is 0 Å². The van der Waals surface area contributed by atoms with Crippen LogP contribution in [0.25, 0.3) is 0 Å². The van der Waals surface area contributed by atoms with E-state index in [-0.39, 0.29) is 0 Å². The lowest BCUT2D eigenvalue weighted by Crippen LogP contribution is -2.39. The molecule has 0 bridgehead atoms. The summed E-state index contributed by atoms with van der Waals surface area (Å²) in [4.78, 5) is 5.39. The molecule has 0 aromatic rings. The minimum absolute atomic E-state index is 0.641. The Labute approximate surface area is 254 Å². The van der Waals surface area contributed by atoms with E-state index >= 15 is 0 Å². The van der Waals surface area contributed by atoms with Gasteiger partial charge >= 0.3 is 0 Å². The monoisotopic (exact) mass is 561 g/mol. The van der Waals surface area contributed by atoms with Gasteiger partial charge in [-0.1, -0.05) is 188 Å². The van der Waals surface area contributed by atoms with Crippen LogP contribution in [0.5, 0.6) is 0 Å². The molecule has 0 spiro atoms.